The number of amides is 5. The average molecular weight is 817 g/mol. The summed E-state index contributed by atoms with van der Waals surface area (Å²) in [5.74, 6) is -3.96. The van der Waals surface area contributed by atoms with Crippen molar-refractivity contribution in [2.45, 2.75) is 136 Å². The number of likely N-dealkylation sites (tertiary alicyclic amines) is 1. The Morgan fingerprint density at radius 3 is 2.09 bits per heavy atom. The Kier molecular flexibility index (Phi) is 20.8. The van der Waals surface area contributed by atoms with E-state index in [-0.39, 0.29) is 54.7 Å². The van der Waals surface area contributed by atoms with Crippen LogP contribution in [0.5, 0.6) is 0 Å². The van der Waals surface area contributed by atoms with Gasteiger partial charge in [-0.3, -0.25) is 33.7 Å². The summed E-state index contributed by atoms with van der Waals surface area (Å²) in [5.41, 5.74) is 6.53. The Hall–Kier alpha value is -4.08. The number of aliphatic carboxylic acids is 1. The number of rotatable bonds is 25. The Morgan fingerprint density at radius 2 is 1.57 bits per heavy atom. The number of carbonyl (C=O) groups excluding carboxylic acids is 5. The SMILES string of the molecule is CC[C@H](C)C([C@@H](CC(=O)N1CCC[C@H]1[C@H](OC)[C@@H](C)C(=O)N[C@@H](Cc1ccccc1)C(N)=O)OC)N(C)C(=O)[C@@H](NC(=O)[C@H](C(C)C)N(C)CCCC(=O)O)C(C)C. The van der Waals surface area contributed by atoms with E-state index in [1.54, 1.807) is 30.8 Å². The van der Waals surface area contributed by atoms with Crippen molar-refractivity contribution in [3.63, 3.8) is 0 Å². The summed E-state index contributed by atoms with van der Waals surface area (Å²) in [7, 11) is 6.50. The van der Waals surface area contributed by atoms with Crippen molar-refractivity contribution in [3.8, 4) is 0 Å². The van der Waals surface area contributed by atoms with Gasteiger partial charge in [-0.2, -0.15) is 0 Å². The summed E-state index contributed by atoms with van der Waals surface area (Å²) in [6.45, 7) is 14.2. The van der Waals surface area contributed by atoms with Gasteiger partial charge in [0.2, 0.25) is 29.5 Å². The van der Waals surface area contributed by atoms with E-state index in [0.717, 1.165) is 5.56 Å². The predicted octanol–water partition coefficient (Wildman–Crippen LogP) is 3.08. The molecule has 1 unspecified atom stereocenters. The fraction of sp³-hybridized carbons (Fsp3) is 0.721. The number of carbonyl (C=O) groups is 6. The van der Waals surface area contributed by atoms with Gasteiger partial charge in [0, 0.05) is 40.7 Å². The highest BCUT2D eigenvalue weighted by Gasteiger charge is 2.43. The molecule has 1 saturated heterocycles. The molecule has 0 aliphatic carbocycles. The van der Waals surface area contributed by atoms with Gasteiger partial charge in [0.25, 0.3) is 0 Å². The largest absolute Gasteiger partial charge is 0.481 e. The predicted molar refractivity (Wildman–Crippen MR) is 222 cm³/mol. The van der Waals surface area contributed by atoms with Gasteiger partial charge in [0.1, 0.15) is 12.1 Å². The molecule has 0 radical (unpaired) electrons. The molecule has 0 bridgehead atoms. The third-order valence-corrected chi connectivity index (χ3v) is 11.7. The van der Waals surface area contributed by atoms with Crippen molar-refractivity contribution < 1.29 is 43.3 Å². The second-order valence-corrected chi connectivity index (χ2v) is 16.6. The third-order valence-electron chi connectivity index (χ3n) is 11.7. The van der Waals surface area contributed by atoms with Crippen LogP contribution in [0.2, 0.25) is 0 Å². The molecule has 58 heavy (non-hydrogen) atoms. The number of ether oxygens (including phenoxy) is 2. The molecule has 1 aliphatic rings. The van der Waals surface area contributed by atoms with Crippen molar-refractivity contribution in [2.75, 3.05) is 41.4 Å². The van der Waals surface area contributed by atoms with Crippen LogP contribution >= 0.6 is 0 Å². The highest BCUT2D eigenvalue weighted by Crippen LogP contribution is 2.30. The van der Waals surface area contributed by atoms with Crippen LogP contribution in [0.25, 0.3) is 0 Å². The quantitative estimate of drug-likeness (QED) is 0.114. The molecule has 1 fully saturated rings. The zero-order valence-corrected chi connectivity index (χ0v) is 36.7. The molecule has 1 aliphatic heterocycles. The van der Waals surface area contributed by atoms with Crippen LogP contribution in [0.1, 0.15) is 92.6 Å². The highest BCUT2D eigenvalue weighted by molar-refractivity contribution is 5.90. The van der Waals surface area contributed by atoms with Crippen LogP contribution < -0.4 is 16.4 Å². The van der Waals surface area contributed by atoms with Gasteiger partial charge in [-0.15, -0.1) is 0 Å². The third kappa shape index (κ3) is 14.0. The number of methoxy groups -OCH3 is 2. The van der Waals surface area contributed by atoms with Crippen LogP contribution in [-0.4, -0.2) is 139 Å². The minimum atomic E-state index is -0.923. The van der Waals surface area contributed by atoms with Crippen molar-refractivity contribution >= 4 is 35.5 Å². The van der Waals surface area contributed by atoms with Crippen LogP contribution in [-0.2, 0) is 44.7 Å². The lowest BCUT2D eigenvalue weighted by Crippen LogP contribution is -2.60. The van der Waals surface area contributed by atoms with Crippen LogP contribution in [0.15, 0.2) is 30.3 Å². The molecule has 5 N–H and O–H groups in total. The first-order valence-electron chi connectivity index (χ1n) is 20.8. The molecule has 9 atom stereocenters. The number of carboxylic acids is 1. The lowest BCUT2D eigenvalue weighted by Gasteiger charge is -2.41. The minimum absolute atomic E-state index is 0.00906. The Labute approximate surface area is 346 Å². The van der Waals surface area contributed by atoms with Gasteiger partial charge in [0.15, 0.2) is 0 Å². The van der Waals surface area contributed by atoms with E-state index in [1.807, 2.05) is 76.8 Å². The summed E-state index contributed by atoms with van der Waals surface area (Å²) in [6.07, 6.45) is 1.21. The minimum Gasteiger partial charge on any atom is -0.481 e. The zero-order valence-electron chi connectivity index (χ0n) is 36.7. The normalized spacial score (nSPS) is 18.5. The Bertz CT molecular complexity index is 1490. The highest BCUT2D eigenvalue weighted by atomic mass is 16.5. The van der Waals surface area contributed by atoms with Crippen LogP contribution in [0, 0.1) is 23.7 Å². The number of carboxylic acid groups (broad SMARTS) is 1. The summed E-state index contributed by atoms with van der Waals surface area (Å²) in [4.78, 5) is 84.6. The summed E-state index contributed by atoms with van der Waals surface area (Å²) in [6, 6.07) is 5.96. The molecule has 328 valence electrons. The van der Waals surface area contributed by atoms with Gasteiger partial charge < -0.3 is 40.7 Å². The topological polar surface area (TPSA) is 201 Å². The summed E-state index contributed by atoms with van der Waals surface area (Å²) < 4.78 is 11.9. The lowest BCUT2D eigenvalue weighted by atomic mass is 9.89. The van der Waals surface area contributed by atoms with E-state index < -0.39 is 66.1 Å². The summed E-state index contributed by atoms with van der Waals surface area (Å²) >= 11 is 0. The van der Waals surface area contributed by atoms with Gasteiger partial charge in [-0.05, 0) is 56.2 Å². The molecule has 1 aromatic carbocycles. The number of nitrogens with two attached hydrogens (primary N) is 1. The number of hydrogen-bond acceptors (Lipinski definition) is 9. The summed E-state index contributed by atoms with van der Waals surface area (Å²) in [5, 5.41) is 14.9. The van der Waals surface area contributed by atoms with E-state index >= 15 is 0 Å². The second kappa shape index (κ2) is 24.1. The standard InChI is InChI=1S/C43H72N6O9/c1-12-28(6)38(48(9)43(56)36(26(2)3)46-42(55)37(27(4)5)47(8)22-17-21-35(51)52)33(57-10)25-34(50)49-23-16-20-32(49)39(58-11)29(7)41(54)45-31(40(44)53)24-30-18-14-13-15-19-30/h13-15,18-19,26-29,31-33,36-39H,12,16-17,20-25H2,1-11H3,(H2,44,53)(H,45,54)(H,46,55)(H,51,52)/t28-,29+,31-,32-,33+,36-,37-,38?,39+/m0/s1. The molecule has 2 rings (SSSR count). The Morgan fingerprint density at radius 1 is 0.931 bits per heavy atom. The van der Waals surface area contributed by atoms with Crippen molar-refractivity contribution in [2.24, 2.45) is 29.4 Å². The zero-order chi connectivity index (χ0) is 43.9. The van der Waals surface area contributed by atoms with Gasteiger partial charge >= 0.3 is 5.97 Å². The number of primary amides is 1. The first-order chi connectivity index (χ1) is 27.3. The van der Waals surface area contributed by atoms with E-state index in [1.165, 1.54) is 14.2 Å². The molecular weight excluding hydrogens is 745 g/mol. The maximum absolute atomic E-state index is 14.4. The molecular formula is C43H72N6O9. The fourth-order valence-electron chi connectivity index (χ4n) is 8.28. The van der Waals surface area contributed by atoms with E-state index in [4.69, 9.17) is 20.3 Å². The van der Waals surface area contributed by atoms with Crippen molar-refractivity contribution in [1.29, 1.82) is 0 Å². The molecule has 1 heterocycles. The average Bonchev–Trinajstić information content (AvgIpc) is 3.65. The number of hydrogen-bond donors (Lipinski definition) is 4. The van der Waals surface area contributed by atoms with Crippen LogP contribution in [0.3, 0.4) is 0 Å². The van der Waals surface area contributed by atoms with E-state index in [2.05, 4.69) is 10.6 Å². The maximum atomic E-state index is 14.4. The fourth-order valence-corrected chi connectivity index (χ4v) is 8.28. The van der Waals surface area contributed by atoms with Gasteiger partial charge in [0.05, 0.1) is 42.7 Å². The molecule has 15 nitrogen and oxygen atoms in total. The Balaban J connectivity index is 2.27. The van der Waals surface area contributed by atoms with Crippen LogP contribution in [0.4, 0.5) is 0 Å². The molecule has 0 spiro atoms. The maximum Gasteiger partial charge on any atom is 0.303 e. The molecule has 15 heteroatoms. The van der Waals surface area contributed by atoms with Gasteiger partial charge in [-0.25, -0.2) is 0 Å². The smallest absolute Gasteiger partial charge is 0.303 e. The monoisotopic (exact) mass is 817 g/mol. The van der Waals surface area contributed by atoms with Crippen molar-refractivity contribution in [3.05, 3.63) is 35.9 Å². The number of benzene rings is 1. The number of likely N-dealkylation sites (N-methyl/N-ethyl adjacent to an activating group) is 2. The van der Waals surface area contributed by atoms with E-state index in [0.29, 0.717) is 38.8 Å². The first kappa shape index (κ1) is 50.1. The number of nitrogens with zero attached hydrogens (tertiary/aromatic N) is 3. The first-order valence-corrected chi connectivity index (χ1v) is 20.8. The molecule has 1 aromatic rings. The molecule has 5 amide bonds. The number of nitrogens with one attached hydrogen (secondary N) is 2. The molecule has 0 aromatic heterocycles. The van der Waals surface area contributed by atoms with Crippen molar-refractivity contribution in [1.82, 2.24) is 25.3 Å². The molecule has 0 saturated carbocycles. The van der Waals surface area contributed by atoms with E-state index in [9.17, 15) is 28.8 Å². The second-order valence-electron chi connectivity index (χ2n) is 16.6. The van der Waals surface area contributed by atoms with Gasteiger partial charge in [-0.1, -0.05) is 85.2 Å². The lowest BCUT2D eigenvalue weighted by molar-refractivity contribution is -0.148.